The third kappa shape index (κ3) is 5.45. The van der Waals surface area contributed by atoms with Crippen molar-refractivity contribution in [1.82, 2.24) is 9.21 Å². The van der Waals surface area contributed by atoms with Gasteiger partial charge in [0.2, 0.25) is 15.9 Å². The fraction of sp³-hybridized carbons (Fsp3) is 0.440. The number of sulfonamides is 1. The Kier molecular flexibility index (Phi) is 7.52. The Morgan fingerprint density at radius 2 is 1.54 bits per heavy atom. The van der Waals surface area contributed by atoms with E-state index in [4.69, 9.17) is 15.9 Å². The van der Waals surface area contributed by atoms with Crippen molar-refractivity contribution in [3.05, 3.63) is 65.7 Å². The molecule has 0 saturated carbocycles. The fourth-order valence-corrected chi connectivity index (χ4v) is 6.99. The molecule has 2 aliphatic heterocycles. The van der Waals surface area contributed by atoms with E-state index in [0.717, 1.165) is 12.1 Å². The lowest BCUT2D eigenvalue weighted by atomic mass is 9.94. The van der Waals surface area contributed by atoms with Gasteiger partial charge in [-0.3, -0.25) is 10.2 Å². The van der Waals surface area contributed by atoms with Crippen molar-refractivity contribution < 1.29 is 31.1 Å². The lowest BCUT2D eigenvalue weighted by molar-refractivity contribution is -0.137. The summed E-state index contributed by atoms with van der Waals surface area (Å²) in [5.41, 5.74) is 5.60. The average Bonchev–Trinajstić information content (AvgIpc) is 2.89. The van der Waals surface area contributed by atoms with E-state index in [1.807, 2.05) is 18.2 Å². The van der Waals surface area contributed by atoms with Crippen LogP contribution in [0.25, 0.3) is 0 Å². The summed E-state index contributed by atoms with van der Waals surface area (Å²) < 4.78 is 70.9. The van der Waals surface area contributed by atoms with Crippen LogP contribution in [0.2, 0.25) is 0 Å². The van der Waals surface area contributed by atoms with Gasteiger partial charge in [-0.15, -0.1) is 0 Å². The highest BCUT2D eigenvalue weighted by Gasteiger charge is 2.54. The van der Waals surface area contributed by atoms with E-state index in [-0.39, 0.29) is 56.7 Å². The molecule has 8 nitrogen and oxygen atoms in total. The molecule has 2 aliphatic rings. The van der Waals surface area contributed by atoms with Gasteiger partial charge >= 0.3 is 6.18 Å². The zero-order chi connectivity index (χ0) is 26.8. The highest BCUT2D eigenvalue weighted by molar-refractivity contribution is 7.91. The van der Waals surface area contributed by atoms with Crippen LogP contribution in [-0.2, 0) is 21.0 Å². The lowest BCUT2D eigenvalue weighted by Gasteiger charge is -2.43. The minimum Gasteiger partial charge on any atom is -0.490 e. The first-order valence-electron chi connectivity index (χ1n) is 12.0. The van der Waals surface area contributed by atoms with E-state index in [9.17, 15) is 26.4 Å². The van der Waals surface area contributed by atoms with Crippen LogP contribution in [0.15, 0.2) is 54.6 Å². The predicted octanol–water partition coefficient (Wildman–Crippen LogP) is 3.22. The first kappa shape index (κ1) is 26.9. The molecule has 2 saturated heterocycles. The third-order valence-electron chi connectivity index (χ3n) is 7.10. The normalized spacial score (nSPS) is 19.4. The summed E-state index contributed by atoms with van der Waals surface area (Å²) in [6, 6.07) is 13.4. The number of amidine groups is 1. The second-order valence-corrected chi connectivity index (χ2v) is 11.6. The van der Waals surface area contributed by atoms with Crippen LogP contribution in [0.3, 0.4) is 0 Å². The molecule has 0 radical (unpaired) electrons. The van der Waals surface area contributed by atoms with Crippen LogP contribution in [0, 0.1) is 5.41 Å². The maximum Gasteiger partial charge on any atom is 0.416 e. The number of piperidine rings is 2. The summed E-state index contributed by atoms with van der Waals surface area (Å²) in [7, 11) is -4.10. The maximum absolute atomic E-state index is 13.7. The van der Waals surface area contributed by atoms with Crippen molar-refractivity contribution >= 4 is 21.8 Å². The number of primary amides is 1. The average molecular weight is 539 g/mol. The molecule has 2 aromatic carbocycles. The molecule has 0 unspecified atom stereocenters. The number of benzene rings is 2. The van der Waals surface area contributed by atoms with E-state index >= 15 is 0 Å². The minimum atomic E-state index is -4.44. The maximum atomic E-state index is 13.7. The molecule has 37 heavy (non-hydrogen) atoms. The van der Waals surface area contributed by atoms with Crippen molar-refractivity contribution in [1.29, 1.82) is 5.41 Å². The van der Waals surface area contributed by atoms with Crippen molar-refractivity contribution in [3.63, 3.8) is 0 Å². The summed E-state index contributed by atoms with van der Waals surface area (Å²) in [6.07, 6.45) is -4.23. The topological polar surface area (TPSA) is 117 Å². The quantitative estimate of drug-likeness (QED) is 0.433. The van der Waals surface area contributed by atoms with Crippen LogP contribution in [0.1, 0.15) is 36.8 Å². The van der Waals surface area contributed by atoms with Gasteiger partial charge in [-0.25, -0.2) is 12.7 Å². The van der Waals surface area contributed by atoms with Gasteiger partial charge in [0.1, 0.15) is 17.7 Å². The number of hydrogen-bond acceptors (Lipinski definition) is 5. The second kappa shape index (κ2) is 10.3. The molecule has 0 atom stereocenters. The summed E-state index contributed by atoms with van der Waals surface area (Å²) >= 11 is 0. The highest BCUT2D eigenvalue weighted by atomic mass is 32.2. The Balaban J connectivity index is 1.39. The Morgan fingerprint density at radius 3 is 2.05 bits per heavy atom. The van der Waals surface area contributed by atoms with E-state index in [1.165, 1.54) is 16.4 Å². The van der Waals surface area contributed by atoms with Crippen LogP contribution in [0.4, 0.5) is 13.2 Å². The van der Waals surface area contributed by atoms with Gasteiger partial charge in [-0.2, -0.15) is 13.2 Å². The monoisotopic (exact) mass is 538 g/mol. The van der Waals surface area contributed by atoms with Gasteiger partial charge in [0.15, 0.2) is 4.75 Å². The number of rotatable bonds is 6. The first-order valence-corrected chi connectivity index (χ1v) is 13.4. The second-order valence-electron chi connectivity index (χ2n) is 9.30. The largest absolute Gasteiger partial charge is 0.490 e. The Morgan fingerprint density at radius 1 is 0.973 bits per heavy atom. The summed E-state index contributed by atoms with van der Waals surface area (Å²) in [5.74, 6) is -0.366. The number of amides is 1. The van der Waals surface area contributed by atoms with E-state index in [1.54, 1.807) is 17.0 Å². The Bertz CT molecular complexity index is 1220. The number of alkyl halides is 3. The summed E-state index contributed by atoms with van der Waals surface area (Å²) in [6.45, 7) is 0.602. The molecular formula is C25H29F3N4O4S. The van der Waals surface area contributed by atoms with E-state index in [0.29, 0.717) is 18.4 Å². The van der Waals surface area contributed by atoms with Gasteiger partial charge < -0.3 is 15.4 Å². The zero-order valence-corrected chi connectivity index (χ0v) is 20.9. The molecule has 0 spiro atoms. The molecular weight excluding hydrogens is 509 g/mol. The number of likely N-dealkylation sites (tertiary alicyclic amines) is 1. The molecule has 2 fully saturated rings. The molecule has 2 aromatic rings. The van der Waals surface area contributed by atoms with Crippen LogP contribution in [0.5, 0.6) is 5.75 Å². The SMILES string of the molecule is N=C(c1ccccc1)N1CCC(C(N)=O)(S(=O)(=O)N2CCC(Oc3ccc(C(F)(F)F)cc3)CC2)CC1. The number of nitrogens with zero attached hydrogens (tertiary/aromatic N) is 2. The fourth-order valence-electron chi connectivity index (χ4n) is 4.85. The Hall–Kier alpha value is -3.12. The highest BCUT2D eigenvalue weighted by Crippen LogP contribution is 2.36. The molecule has 200 valence electrons. The zero-order valence-electron chi connectivity index (χ0n) is 20.1. The molecule has 0 bridgehead atoms. The molecule has 0 aromatic heterocycles. The molecule has 12 heteroatoms. The minimum absolute atomic E-state index is 0.0259. The van der Waals surface area contributed by atoms with Crippen molar-refractivity contribution in [2.45, 2.75) is 42.7 Å². The van der Waals surface area contributed by atoms with Crippen molar-refractivity contribution in [2.24, 2.45) is 5.73 Å². The Labute approximate surface area is 213 Å². The van der Waals surface area contributed by atoms with Crippen molar-refractivity contribution in [3.8, 4) is 5.75 Å². The van der Waals surface area contributed by atoms with Gasteiger partial charge in [-0.1, -0.05) is 30.3 Å². The molecule has 2 heterocycles. The molecule has 4 rings (SSSR count). The van der Waals surface area contributed by atoms with E-state index in [2.05, 4.69) is 0 Å². The van der Waals surface area contributed by atoms with Gasteiger partial charge in [-0.05, 0) is 49.9 Å². The first-order chi connectivity index (χ1) is 17.4. The molecule has 3 N–H and O–H groups in total. The summed E-state index contributed by atoms with van der Waals surface area (Å²) in [5, 5.41) is 8.45. The molecule has 1 amide bonds. The number of halogens is 3. The lowest BCUT2D eigenvalue weighted by Crippen LogP contribution is -2.62. The number of carbonyl (C=O) groups is 1. The van der Waals surface area contributed by atoms with Crippen molar-refractivity contribution in [2.75, 3.05) is 26.2 Å². The number of ether oxygens (including phenoxy) is 1. The standard InChI is InChI=1S/C25H29F3N4O4S/c26-25(27,28)19-6-8-20(9-7-19)36-21-10-14-32(15-11-21)37(34,35)24(23(30)33)12-16-31(17-13-24)22(29)18-4-2-1-3-5-18/h1-9,21,29H,10-17H2,(H2,30,33). The van der Waals surface area contributed by atoms with Gasteiger partial charge in [0.25, 0.3) is 0 Å². The van der Waals surface area contributed by atoms with Crippen LogP contribution < -0.4 is 10.5 Å². The summed E-state index contributed by atoms with van der Waals surface area (Å²) in [4.78, 5) is 14.3. The number of hydrogen-bond donors (Lipinski definition) is 2. The van der Waals surface area contributed by atoms with Crippen LogP contribution >= 0.6 is 0 Å². The smallest absolute Gasteiger partial charge is 0.416 e. The number of carbonyl (C=O) groups excluding carboxylic acids is 1. The van der Waals surface area contributed by atoms with Gasteiger partial charge in [0, 0.05) is 31.7 Å². The van der Waals surface area contributed by atoms with Crippen LogP contribution in [-0.4, -0.2) is 66.4 Å². The third-order valence-corrected chi connectivity index (χ3v) is 9.74. The van der Waals surface area contributed by atoms with Gasteiger partial charge in [0.05, 0.1) is 5.56 Å². The predicted molar refractivity (Wildman–Crippen MR) is 132 cm³/mol. The number of nitrogens with two attached hydrogens (primary N) is 1. The molecule has 0 aliphatic carbocycles. The van der Waals surface area contributed by atoms with E-state index < -0.39 is 32.4 Å². The number of nitrogens with one attached hydrogen (secondary N) is 1.